The summed E-state index contributed by atoms with van der Waals surface area (Å²) in [6.45, 7) is 10.5. The lowest BCUT2D eigenvalue weighted by Gasteiger charge is -2.34. The van der Waals surface area contributed by atoms with Crippen LogP contribution in [0.1, 0.15) is 41.0 Å². The molecule has 1 aliphatic rings. The van der Waals surface area contributed by atoms with Gasteiger partial charge in [-0.25, -0.2) is 4.79 Å². The van der Waals surface area contributed by atoms with Crippen molar-refractivity contribution >= 4 is 23.6 Å². The number of thioether (sulfide) groups is 1. The van der Waals surface area contributed by atoms with Crippen LogP contribution in [0.3, 0.4) is 0 Å². The molecule has 6 heteroatoms. The van der Waals surface area contributed by atoms with E-state index in [1.54, 1.807) is 16.7 Å². The fourth-order valence-electron chi connectivity index (χ4n) is 2.73. The molecule has 1 heterocycles. The first kappa shape index (κ1) is 18.3. The van der Waals surface area contributed by atoms with Crippen LogP contribution in [-0.2, 0) is 9.59 Å². The van der Waals surface area contributed by atoms with Gasteiger partial charge in [0.05, 0.1) is 11.3 Å². The Balaban J connectivity index is 2.99. The number of aliphatic carboxylic acids is 1. The molecular formula is C15H28N2O3S. The Morgan fingerprint density at radius 1 is 1.38 bits per heavy atom. The van der Waals surface area contributed by atoms with E-state index in [9.17, 15) is 14.7 Å². The zero-order valence-corrected chi connectivity index (χ0v) is 14.4. The van der Waals surface area contributed by atoms with E-state index in [2.05, 4.69) is 20.8 Å². The van der Waals surface area contributed by atoms with Crippen molar-refractivity contribution in [3.8, 4) is 0 Å². The van der Waals surface area contributed by atoms with Crippen molar-refractivity contribution < 1.29 is 14.7 Å². The maximum absolute atomic E-state index is 12.9. The normalized spacial score (nSPS) is 24.4. The Morgan fingerprint density at radius 2 is 1.95 bits per heavy atom. The van der Waals surface area contributed by atoms with Crippen LogP contribution in [0, 0.1) is 17.3 Å². The smallest absolute Gasteiger partial charge is 0.327 e. The average molecular weight is 316 g/mol. The number of nitrogens with zero attached hydrogens (tertiary/aromatic N) is 1. The van der Waals surface area contributed by atoms with Crippen molar-refractivity contribution in [2.24, 2.45) is 23.0 Å². The number of carboxylic acids is 1. The minimum absolute atomic E-state index is 0.0153. The van der Waals surface area contributed by atoms with E-state index in [1.165, 1.54) is 0 Å². The molecule has 3 N–H and O–H groups in total. The molecule has 1 rings (SSSR count). The summed E-state index contributed by atoms with van der Waals surface area (Å²) in [6, 6.07) is -0.732. The van der Waals surface area contributed by atoms with Crippen LogP contribution in [-0.4, -0.2) is 45.6 Å². The minimum atomic E-state index is -0.925. The van der Waals surface area contributed by atoms with Crippen LogP contribution in [0.25, 0.3) is 0 Å². The standard InChI is InChI=1S/C15H28N2O3S/c1-9(2)13-17(11(8-21-13)14(19)20)12(18)10(7-16)6-15(3,4)5/h9-11,13H,6-8,16H2,1-5H3,(H,19,20). The van der Waals surface area contributed by atoms with Gasteiger partial charge >= 0.3 is 5.97 Å². The molecule has 0 bridgehead atoms. The van der Waals surface area contributed by atoms with Crippen molar-refractivity contribution in [1.29, 1.82) is 0 Å². The van der Waals surface area contributed by atoms with Crippen LogP contribution in [0.2, 0.25) is 0 Å². The quantitative estimate of drug-likeness (QED) is 0.810. The first-order valence-corrected chi connectivity index (χ1v) is 8.50. The van der Waals surface area contributed by atoms with Gasteiger partial charge in [0.2, 0.25) is 5.91 Å². The number of rotatable bonds is 5. The van der Waals surface area contributed by atoms with E-state index in [0.717, 1.165) is 0 Å². The third kappa shape index (κ3) is 4.61. The van der Waals surface area contributed by atoms with E-state index in [-0.39, 0.29) is 35.1 Å². The van der Waals surface area contributed by atoms with E-state index in [0.29, 0.717) is 12.2 Å². The number of carboxylic acid groups (broad SMARTS) is 1. The molecule has 3 unspecified atom stereocenters. The molecule has 0 aromatic carbocycles. The number of hydrogen-bond acceptors (Lipinski definition) is 4. The highest BCUT2D eigenvalue weighted by atomic mass is 32.2. The fourth-order valence-corrected chi connectivity index (χ4v) is 4.21. The number of carbonyl (C=O) groups is 2. The van der Waals surface area contributed by atoms with E-state index >= 15 is 0 Å². The molecule has 0 radical (unpaired) electrons. The molecule has 0 aliphatic carbocycles. The molecule has 21 heavy (non-hydrogen) atoms. The predicted molar refractivity (Wildman–Crippen MR) is 86.0 cm³/mol. The Labute approximate surface area is 131 Å². The van der Waals surface area contributed by atoms with E-state index in [4.69, 9.17) is 5.73 Å². The molecule has 122 valence electrons. The van der Waals surface area contributed by atoms with E-state index in [1.807, 2.05) is 13.8 Å². The summed E-state index contributed by atoms with van der Waals surface area (Å²) >= 11 is 1.55. The Bertz CT molecular complexity index is 393. The molecule has 0 spiro atoms. The Morgan fingerprint density at radius 3 is 2.33 bits per heavy atom. The summed E-state index contributed by atoms with van der Waals surface area (Å²) in [5.41, 5.74) is 5.77. The molecule has 1 saturated heterocycles. The number of carbonyl (C=O) groups excluding carboxylic acids is 1. The van der Waals surface area contributed by atoms with Gasteiger partial charge in [0, 0.05) is 12.3 Å². The second-order valence-electron chi connectivity index (χ2n) is 7.26. The Kier molecular flexibility index (Phi) is 6.11. The zero-order valence-electron chi connectivity index (χ0n) is 13.6. The number of amides is 1. The van der Waals surface area contributed by atoms with Crippen LogP contribution in [0.15, 0.2) is 0 Å². The lowest BCUT2D eigenvalue weighted by Crippen LogP contribution is -2.51. The molecule has 5 nitrogen and oxygen atoms in total. The molecule has 1 aliphatic heterocycles. The predicted octanol–water partition coefficient (Wildman–Crippen LogP) is 2.01. The summed E-state index contributed by atoms with van der Waals surface area (Å²) < 4.78 is 0. The van der Waals surface area contributed by atoms with Crippen LogP contribution < -0.4 is 5.73 Å². The lowest BCUT2D eigenvalue weighted by atomic mass is 9.83. The lowest BCUT2D eigenvalue weighted by molar-refractivity contribution is -0.151. The van der Waals surface area contributed by atoms with Gasteiger partial charge < -0.3 is 15.7 Å². The Hall–Kier alpha value is -0.750. The van der Waals surface area contributed by atoms with Crippen LogP contribution in [0.4, 0.5) is 0 Å². The SMILES string of the molecule is CC(C)C1SCC(C(=O)O)N1C(=O)C(CN)CC(C)(C)C. The van der Waals surface area contributed by atoms with Crippen molar-refractivity contribution in [2.75, 3.05) is 12.3 Å². The van der Waals surface area contributed by atoms with Crippen LogP contribution in [0.5, 0.6) is 0 Å². The maximum Gasteiger partial charge on any atom is 0.327 e. The first-order valence-electron chi connectivity index (χ1n) is 7.45. The molecule has 1 fully saturated rings. The van der Waals surface area contributed by atoms with E-state index < -0.39 is 12.0 Å². The van der Waals surface area contributed by atoms with Gasteiger partial charge in [0.25, 0.3) is 0 Å². The van der Waals surface area contributed by atoms with Gasteiger partial charge in [-0.1, -0.05) is 34.6 Å². The van der Waals surface area contributed by atoms with Crippen molar-refractivity contribution in [2.45, 2.75) is 52.5 Å². The second-order valence-corrected chi connectivity index (χ2v) is 8.41. The summed E-state index contributed by atoms with van der Waals surface area (Å²) in [7, 11) is 0. The summed E-state index contributed by atoms with van der Waals surface area (Å²) in [5.74, 6) is -0.672. The van der Waals surface area contributed by atoms with Gasteiger partial charge in [0.15, 0.2) is 0 Å². The number of nitrogens with two attached hydrogens (primary N) is 1. The van der Waals surface area contributed by atoms with Gasteiger partial charge in [-0.15, -0.1) is 11.8 Å². The van der Waals surface area contributed by atoms with Gasteiger partial charge in [0.1, 0.15) is 6.04 Å². The highest BCUT2D eigenvalue weighted by Crippen LogP contribution is 2.36. The topological polar surface area (TPSA) is 83.6 Å². The molecule has 0 aromatic heterocycles. The molecule has 0 saturated carbocycles. The highest BCUT2D eigenvalue weighted by molar-refractivity contribution is 8.00. The van der Waals surface area contributed by atoms with Gasteiger partial charge in [-0.2, -0.15) is 0 Å². The first-order chi connectivity index (χ1) is 9.58. The molecule has 3 atom stereocenters. The summed E-state index contributed by atoms with van der Waals surface area (Å²) in [5, 5.41) is 9.30. The minimum Gasteiger partial charge on any atom is -0.480 e. The van der Waals surface area contributed by atoms with Crippen LogP contribution >= 0.6 is 11.8 Å². The van der Waals surface area contributed by atoms with Gasteiger partial charge in [-0.05, 0) is 17.8 Å². The summed E-state index contributed by atoms with van der Waals surface area (Å²) in [6.07, 6.45) is 0.667. The van der Waals surface area contributed by atoms with Crippen molar-refractivity contribution in [1.82, 2.24) is 4.90 Å². The largest absolute Gasteiger partial charge is 0.480 e. The zero-order chi connectivity index (χ0) is 16.4. The van der Waals surface area contributed by atoms with Gasteiger partial charge in [-0.3, -0.25) is 4.79 Å². The molecular weight excluding hydrogens is 288 g/mol. The van der Waals surface area contributed by atoms with Crippen molar-refractivity contribution in [3.63, 3.8) is 0 Å². The monoisotopic (exact) mass is 316 g/mol. The average Bonchev–Trinajstić information content (AvgIpc) is 2.78. The third-order valence-corrected chi connectivity index (χ3v) is 5.26. The molecule has 0 aromatic rings. The number of hydrogen-bond donors (Lipinski definition) is 2. The second kappa shape index (κ2) is 7.01. The fraction of sp³-hybridized carbons (Fsp3) is 0.867. The third-order valence-electron chi connectivity index (χ3n) is 3.64. The summed E-state index contributed by atoms with van der Waals surface area (Å²) in [4.78, 5) is 25.9. The van der Waals surface area contributed by atoms with Crippen molar-refractivity contribution in [3.05, 3.63) is 0 Å². The highest BCUT2D eigenvalue weighted by Gasteiger charge is 2.44. The maximum atomic E-state index is 12.9. The molecule has 1 amide bonds.